The fourth-order valence-corrected chi connectivity index (χ4v) is 3.63. The van der Waals surface area contributed by atoms with E-state index in [4.69, 9.17) is 4.74 Å². The summed E-state index contributed by atoms with van der Waals surface area (Å²) in [6, 6.07) is 7.76. The summed E-state index contributed by atoms with van der Waals surface area (Å²) in [7, 11) is 1.61. The van der Waals surface area contributed by atoms with Crippen LogP contribution in [-0.2, 0) is 14.3 Å². The smallest absolute Gasteiger partial charge is 0.252 e. The summed E-state index contributed by atoms with van der Waals surface area (Å²) in [6.45, 7) is 4.33. The zero-order valence-electron chi connectivity index (χ0n) is 15.0. The Labute approximate surface area is 148 Å². The summed E-state index contributed by atoms with van der Waals surface area (Å²) in [5, 5.41) is 6.34. The second kappa shape index (κ2) is 7.54. The van der Waals surface area contributed by atoms with E-state index < -0.39 is 5.60 Å². The number of benzene rings is 1. The lowest BCUT2D eigenvalue weighted by Crippen LogP contribution is -2.54. The van der Waals surface area contributed by atoms with Crippen LogP contribution in [-0.4, -0.2) is 44.2 Å². The molecular formula is C19H27N3O3. The Hall–Kier alpha value is -1.92. The Morgan fingerprint density at radius 1 is 1.28 bits per heavy atom. The third kappa shape index (κ3) is 3.70. The number of piperidine rings is 1. The molecule has 25 heavy (non-hydrogen) atoms. The third-order valence-electron chi connectivity index (χ3n) is 5.34. The van der Waals surface area contributed by atoms with E-state index in [1.54, 1.807) is 7.11 Å². The molecule has 3 rings (SSSR count). The molecule has 2 N–H and O–H groups in total. The second-order valence-corrected chi connectivity index (χ2v) is 6.88. The summed E-state index contributed by atoms with van der Waals surface area (Å²) >= 11 is 0. The monoisotopic (exact) mass is 345 g/mol. The molecular weight excluding hydrogens is 318 g/mol. The minimum atomic E-state index is -0.735. The lowest BCUT2D eigenvalue weighted by Gasteiger charge is -2.35. The molecule has 0 aromatic heterocycles. The number of amides is 2. The standard InChI is InChI=1S/C19H27N3O3/c1-14(21-18(24)19(25-2)9-11-20-12-10-19)15-5-7-16(8-6-15)22-13-3-4-17(22)23/h5-8,14,20H,3-4,9-13H2,1-2H3,(H,21,24). The first-order chi connectivity index (χ1) is 12.1. The molecule has 6 nitrogen and oxygen atoms in total. The number of rotatable bonds is 5. The van der Waals surface area contributed by atoms with Crippen molar-refractivity contribution in [1.29, 1.82) is 0 Å². The van der Waals surface area contributed by atoms with Crippen molar-refractivity contribution in [3.63, 3.8) is 0 Å². The van der Waals surface area contributed by atoms with Gasteiger partial charge in [0.1, 0.15) is 5.60 Å². The van der Waals surface area contributed by atoms with Gasteiger partial charge in [-0.1, -0.05) is 12.1 Å². The van der Waals surface area contributed by atoms with Crippen molar-refractivity contribution >= 4 is 17.5 Å². The zero-order valence-corrected chi connectivity index (χ0v) is 15.0. The quantitative estimate of drug-likeness (QED) is 0.853. The first-order valence-corrected chi connectivity index (χ1v) is 9.03. The van der Waals surface area contributed by atoms with Crippen LogP contribution < -0.4 is 15.5 Å². The van der Waals surface area contributed by atoms with Gasteiger partial charge < -0.3 is 20.3 Å². The average molecular weight is 345 g/mol. The second-order valence-electron chi connectivity index (χ2n) is 6.88. The van der Waals surface area contributed by atoms with Gasteiger partial charge in [0.25, 0.3) is 5.91 Å². The molecule has 2 amide bonds. The molecule has 1 aromatic rings. The number of hydrogen-bond acceptors (Lipinski definition) is 4. The topological polar surface area (TPSA) is 70.7 Å². The highest BCUT2D eigenvalue weighted by atomic mass is 16.5. The van der Waals surface area contributed by atoms with Gasteiger partial charge in [-0.15, -0.1) is 0 Å². The number of nitrogens with zero attached hydrogens (tertiary/aromatic N) is 1. The molecule has 1 unspecified atom stereocenters. The third-order valence-corrected chi connectivity index (χ3v) is 5.34. The molecule has 0 radical (unpaired) electrons. The molecule has 2 fully saturated rings. The van der Waals surface area contributed by atoms with E-state index in [1.807, 2.05) is 36.1 Å². The van der Waals surface area contributed by atoms with Crippen molar-refractivity contribution in [3.05, 3.63) is 29.8 Å². The molecule has 1 atom stereocenters. The van der Waals surface area contributed by atoms with Crippen LogP contribution in [0.25, 0.3) is 0 Å². The molecule has 0 aliphatic carbocycles. The maximum Gasteiger partial charge on any atom is 0.252 e. The Bertz CT molecular complexity index is 623. The highest BCUT2D eigenvalue weighted by Crippen LogP contribution is 2.26. The van der Waals surface area contributed by atoms with Crippen LogP contribution in [0.3, 0.4) is 0 Å². The molecule has 6 heteroatoms. The zero-order chi connectivity index (χ0) is 17.9. The van der Waals surface area contributed by atoms with E-state index in [-0.39, 0.29) is 17.9 Å². The predicted octanol–water partition coefficient (Wildman–Crippen LogP) is 1.76. The predicted molar refractivity (Wildman–Crippen MR) is 96.4 cm³/mol. The van der Waals surface area contributed by atoms with Crippen LogP contribution in [0.4, 0.5) is 5.69 Å². The molecule has 2 heterocycles. The van der Waals surface area contributed by atoms with Crippen LogP contribution in [0.15, 0.2) is 24.3 Å². The number of nitrogens with one attached hydrogen (secondary N) is 2. The van der Waals surface area contributed by atoms with Crippen molar-refractivity contribution in [3.8, 4) is 0 Å². The first-order valence-electron chi connectivity index (χ1n) is 9.03. The minimum absolute atomic E-state index is 0.0530. The van der Waals surface area contributed by atoms with E-state index >= 15 is 0 Å². The van der Waals surface area contributed by atoms with Crippen molar-refractivity contribution in [2.24, 2.45) is 0 Å². The fourth-order valence-electron chi connectivity index (χ4n) is 3.63. The molecule has 0 spiro atoms. The molecule has 2 saturated heterocycles. The first kappa shape index (κ1) is 17.9. The van der Waals surface area contributed by atoms with Crippen LogP contribution in [0.1, 0.15) is 44.2 Å². The van der Waals surface area contributed by atoms with Gasteiger partial charge in [-0.3, -0.25) is 9.59 Å². The highest BCUT2D eigenvalue weighted by molar-refractivity contribution is 5.95. The lowest BCUT2D eigenvalue weighted by molar-refractivity contribution is -0.147. The van der Waals surface area contributed by atoms with Crippen LogP contribution >= 0.6 is 0 Å². The Morgan fingerprint density at radius 3 is 2.52 bits per heavy atom. The highest BCUT2D eigenvalue weighted by Gasteiger charge is 2.40. The fraction of sp³-hybridized carbons (Fsp3) is 0.579. The maximum atomic E-state index is 12.7. The van der Waals surface area contributed by atoms with E-state index in [1.165, 1.54) is 0 Å². The summed E-state index contributed by atoms with van der Waals surface area (Å²) in [5.41, 5.74) is 1.21. The van der Waals surface area contributed by atoms with Gasteiger partial charge in [0.2, 0.25) is 5.91 Å². The van der Waals surface area contributed by atoms with E-state index in [0.717, 1.165) is 37.3 Å². The van der Waals surface area contributed by atoms with Crippen molar-refractivity contribution < 1.29 is 14.3 Å². The van der Waals surface area contributed by atoms with Crippen molar-refractivity contribution in [2.45, 2.75) is 44.2 Å². The summed E-state index contributed by atoms with van der Waals surface area (Å²) in [5.74, 6) is 0.129. The SMILES string of the molecule is COC1(C(=O)NC(C)c2ccc(N3CCCC3=O)cc2)CCNCC1. The minimum Gasteiger partial charge on any atom is -0.368 e. The van der Waals surface area contributed by atoms with Gasteiger partial charge in [-0.25, -0.2) is 0 Å². The summed E-state index contributed by atoms with van der Waals surface area (Å²) < 4.78 is 5.58. The van der Waals surface area contributed by atoms with Crippen LogP contribution in [0.2, 0.25) is 0 Å². The number of carbonyl (C=O) groups excluding carboxylic acids is 2. The molecule has 2 aliphatic heterocycles. The van der Waals surface area contributed by atoms with Crippen LogP contribution in [0.5, 0.6) is 0 Å². The Kier molecular flexibility index (Phi) is 5.39. The average Bonchev–Trinajstić information content (AvgIpc) is 3.08. The number of carbonyl (C=O) groups is 2. The van der Waals surface area contributed by atoms with Crippen LogP contribution in [0, 0.1) is 0 Å². The largest absolute Gasteiger partial charge is 0.368 e. The van der Waals surface area contributed by atoms with Gasteiger partial charge in [0.05, 0.1) is 6.04 Å². The van der Waals surface area contributed by atoms with E-state index in [9.17, 15) is 9.59 Å². The molecule has 0 saturated carbocycles. The normalized spacial score (nSPS) is 21.2. The van der Waals surface area contributed by atoms with Gasteiger partial charge in [0, 0.05) is 25.8 Å². The van der Waals surface area contributed by atoms with E-state index in [2.05, 4.69) is 10.6 Å². The molecule has 2 aliphatic rings. The summed E-state index contributed by atoms with van der Waals surface area (Å²) in [4.78, 5) is 26.4. The van der Waals surface area contributed by atoms with Crippen molar-refractivity contribution in [2.75, 3.05) is 31.6 Å². The lowest BCUT2D eigenvalue weighted by atomic mass is 9.90. The van der Waals surface area contributed by atoms with Crippen molar-refractivity contribution in [1.82, 2.24) is 10.6 Å². The number of ether oxygens (including phenoxy) is 1. The number of anilines is 1. The van der Waals surface area contributed by atoms with E-state index in [0.29, 0.717) is 19.3 Å². The molecule has 136 valence electrons. The molecule has 0 bridgehead atoms. The van der Waals surface area contributed by atoms with Gasteiger partial charge >= 0.3 is 0 Å². The number of methoxy groups -OCH3 is 1. The Morgan fingerprint density at radius 2 is 1.96 bits per heavy atom. The number of hydrogen-bond donors (Lipinski definition) is 2. The molecule has 1 aromatic carbocycles. The Balaban J connectivity index is 1.65. The maximum absolute atomic E-state index is 12.7. The van der Waals surface area contributed by atoms with Gasteiger partial charge in [-0.2, -0.15) is 0 Å². The van der Waals surface area contributed by atoms with Gasteiger partial charge in [0.15, 0.2) is 0 Å². The van der Waals surface area contributed by atoms with Gasteiger partial charge in [-0.05, 0) is 57.0 Å². The summed E-state index contributed by atoms with van der Waals surface area (Å²) in [6.07, 6.45) is 2.90.